The van der Waals surface area contributed by atoms with E-state index in [1.54, 1.807) is 36.4 Å². The van der Waals surface area contributed by atoms with Gasteiger partial charge in [0.1, 0.15) is 12.2 Å². The second-order valence-corrected chi connectivity index (χ2v) is 5.98. The fraction of sp³-hybridized carbons (Fsp3) is 0.111. The summed E-state index contributed by atoms with van der Waals surface area (Å²) >= 11 is 5.80. The molecule has 26 heavy (non-hydrogen) atoms. The Morgan fingerprint density at radius 3 is 2.38 bits per heavy atom. The van der Waals surface area contributed by atoms with Crippen LogP contribution in [0.4, 0.5) is 0 Å². The summed E-state index contributed by atoms with van der Waals surface area (Å²) in [5.74, 6) is -1.99. The van der Waals surface area contributed by atoms with Gasteiger partial charge in [-0.2, -0.15) is 5.10 Å². The van der Waals surface area contributed by atoms with Crippen LogP contribution in [0.15, 0.2) is 53.3 Å². The summed E-state index contributed by atoms with van der Waals surface area (Å²) < 4.78 is 0.824. The molecule has 0 saturated carbocycles. The maximum atomic E-state index is 12.4. The number of nitrogens with one attached hydrogen (secondary N) is 1. The van der Waals surface area contributed by atoms with Crippen LogP contribution in [-0.2, 0) is 17.9 Å². The fourth-order valence-electron chi connectivity index (χ4n) is 2.49. The predicted molar refractivity (Wildman–Crippen MR) is 93.6 cm³/mol. The summed E-state index contributed by atoms with van der Waals surface area (Å²) in [5.41, 5.74) is -0.102. The third-order valence-electron chi connectivity index (χ3n) is 3.76. The number of carbonyl (C=O) groups excluding carboxylic acids is 2. The van der Waals surface area contributed by atoms with Crippen molar-refractivity contribution in [2.45, 2.75) is 13.1 Å². The number of carboxylic acids is 1. The number of hydrogen-bond donors (Lipinski definition) is 1. The highest BCUT2D eigenvalue weighted by molar-refractivity contribution is 6.30. The molecule has 8 heteroatoms. The van der Waals surface area contributed by atoms with Crippen LogP contribution < -0.4 is 16.0 Å². The van der Waals surface area contributed by atoms with Gasteiger partial charge in [-0.15, -0.1) is 0 Å². The van der Waals surface area contributed by atoms with Gasteiger partial charge in [0.15, 0.2) is 0 Å². The number of carboxylic acid groups (broad SMARTS) is 1. The van der Waals surface area contributed by atoms with Crippen LogP contribution in [0.1, 0.15) is 16.1 Å². The molecule has 1 aromatic heterocycles. The monoisotopic (exact) mass is 370 g/mol. The van der Waals surface area contributed by atoms with Gasteiger partial charge in [-0.25, -0.2) is 4.68 Å². The number of hydrogen-bond acceptors (Lipinski definition) is 5. The van der Waals surface area contributed by atoms with Crippen LogP contribution in [0.2, 0.25) is 5.02 Å². The van der Waals surface area contributed by atoms with Gasteiger partial charge < -0.3 is 15.2 Å². The predicted octanol–water partition coefficient (Wildman–Crippen LogP) is 0.730. The van der Waals surface area contributed by atoms with Gasteiger partial charge in [0.05, 0.1) is 11.4 Å². The van der Waals surface area contributed by atoms with Gasteiger partial charge >= 0.3 is 0 Å². The summed E-state index contributed by atoms with van der Waals surface area (Å²) in [4.78, 5) is 35.9. The first-order valence-electron chi connectivity index (χ1n) is 7.68. The van der Waals surface area contributed by atoms with E-state index in [9.17, 15) is 19.5 Å². The van der Waals surface area contributed by atoms with Crippen molar-refractivity contribution in [3.8, 4) is 0 Å². The minimum Gasteiger partial charge on any atom is -0.543 e. The number of nitrogens with zero attached hydrogens (tertiary/aromatic N) is 2. The van der Waals surface area contributed by atoms with Crippen molar-refractivity contribution >= 4 is 34.2 Å². The number of rotatable bonds is 5. The molecule has 0 fully saturated rings. The average molecular weight is 371 g/mol. The lowest BCUT2D eigenvalue weighted by atomic mass is 10.1. The van der Waals surface area contributed by atoms with Crippen molar-refractivity contribution in [1.29, 1.82) is 0 Å². The third kappa shape index (κ3) is 3.73. The second-order valence-electron chi connectivity index (χ2n) is 5.55. The van der Waals surface area contributed by atoms with Gasteiger partial charge in [-0.3, -0.25) is 9.59 Å². The Balaban J connectivity index is 1.82. The Morgan fingerprint density at radius 1 is 1.08 bits per heavy atom. The first kappa shape index (κ1) is 17.6. The Hall–Kier alpha value is -3.19. The maximum Gasteiger partial charge on any atom is 0.275 e. The number of aromatic nitrogens is 2. The molecule has 132 valence electrons. The topological polar surface area (TPSA) is 104 Å². The molecule has 1 N–H and O–H groups in total. The lowest BCUT2D eigenvalue weighted by Crippen LogP contribution is -2.36. The van der Waals surface area contributed by atoms with E-state index in [0.717, 1.165) is 10.2 Å². The Kier molecular flexibility index (Phi) is 4.99. The number of fused-ring (bicyclic) bond motifs is 1. The van der Waals surface area contributed by atoms with E-state index in [2.05, 4.69) is 10.4 Å². The van der Waals surface area contributed by atoms with Crippen molar-refractivity contribution in [1.82, 2.24) is 15.1 Å². The molecular weight excluding hydrogens is 358 g/mol. The molecule has 0 atom stereocenters. The van der Waals surface area contributed by atoms with Crippen LogP contribution in [0, 0.1) is 0 Å². The van der Waals surface area contributed by atoms with Crippen LogP contribution in [-0.4, -0.2) is 21.7 Å². The van der Waals surface area contributed by atoms with Gasteiger partial charge in [-0.05, 0) is 23.8 Å². The van der Waals surface area contributed by atoms with E-state index >= 15 is 0 Å². The van der Waals surface area contributed by atoms with Crippen LogP contribution in [0.5, 0.6) is 0 Å². The van der Waals surface area contributed by atoms with Crippen LogP contribution >= 0.6 is 11.6 Å². The number of aromatic carboxylic acids is 1. The molecular formula is C18H13ClN3O4-. The Morgan fingerprint density at radius 2 is 1.73 bits per heavy atom. The summed E-state index contributed by atoms with van der Waals surface area (Å²) in [7, 11) is 0. The molecule has 0 unspecified atom stereocenters. The van der Waals surface area contributed by atoms with Crippen molar-refractivity contribution in [2.75, 3.05) is 0 Å². The van der Waals surface area contributed by atoms with Crippen LogP contribution in [0.3, 0.4) is 0 Å². The molecule has 2 aromatic carbocycles. The maximum absolute atomic E-state index is 12.4. The first-order valence-corrected chi connectivity index (χ1v) is 8.06. The summed E-state index contributed by atoms with van der Waals surface area (Å²) in [6.07, 6.45) is 0. The molecule has 7 nitrogen and oxygen atoms in total. The average Bonchev–Trinajstić information content (AvgIpc) is 2.63. The number of benzene rings is 2. The lowest BCUT2D eigenvalue weighted by Gasteiger charge is -2.11. The molecule has 0 radical (unpaired) electrons. The first-order chi connectivity index (χ1) is 12.5. The van der Waals surface area contributed by atoms with E-state index in [4.69, 9.17) is 11.6 Å². The molecule has 0 aliphatic carbocycles. The van der Waals surface area contributed by atoms with E-state index in [0.29, 0.717) is 5.02 Å². The smallest absolute Gasteiger partial charge is 0.275 e. The van der Waals surface area contributed by atoms with Gasteiger partial charge in [0.2, 0.25) is 5.91 Å². The molecule has 1 amide bonds. The van der Waals surface area contributed by atoms with Crippen molar-refractivity contribution < 1.29 is 14.7 Å². The lowest BCUT2D eigenvalue weighted by molar-refractivity contribution is -0.255. The summed E-state index contributed by atoms with van der Waals surface area (Å²) in [6, 6.07) is 13.1. The molecule has 3 rings (SSSR count). The molecule has 0 aliphatic heterocycles. The highest BCUT2D eigenvalue weighted by atomic mass is 35.5. The zero-order valence-corrected chi connectivity index (χ0v) is 14.2. The van der Waals surface area contributed by atoms with E-state index in [-0.39, 0.29) is 23.0 Å². The zero-order valence-electron chi connectivity index (χ0n) is 13.4. The van der Waals surface area contributed by atoms with Gasteiger partial charge in [0.25, 0.3) is 5.56 Å². The number of halogens is 1. The highest BCUT2D eigenvalue weighted by Crippen LogP contribution is 2.12. The van der Waals surface area contributed by atoms with Crippen LogP contribution in [0.25, 0.3) is 10.8 Å². The Labute approximate surface area is 152 Å². The normalized spacial score (nSPS) is 10.7. The minimum atomic E-state index is -1.52. The summed E-state index contributed by atoms with van der Waals surface area (Å²) in [5, 5.41) is 18.6. The SMILES string of the molecule is O=C(Cn1nc(C(=O)[O-])c2ccccc2c1=O)NCc1ccc(Cl)cc1. The van der Waals surface area contributed by atoms with Crippen molar-refractivity contribution in [2.24, 2.45) is 0 Å². The summed E-state index contributed by atoms with van der Waals surface area (Å²) in [6.45, 7) is -0.163. The molecule has 0 aliphatic rings. The zero-order chi connectivity index (χ0) is 18.7. The molecule has 0 saturated heterocycles. The number of carbonyl (C=O) groups is 2. The largest absolute Gasteiger partial charge is 0.543 e. The standard InChI is InChI=1S/C18H14ClN3O4/c19-12-7-5-11(6-8-12)9-20-15(23)10-22-17(24)14-4-2-1-3-13(14)16(21-22)18(25)26/h1-8H,9-10H2,(H,20,23)(H,25,26)/p-1. The Bertz CT molecular complexity index is 1040. The van der Waals surface area contributed by atoms with Crippen molar-refractivity contribution in [3.05, 3.63) is 75.2 Å². The van der Waals surface area contributed by atoms with E-state index in [1.165, 1.54) is 12.1 Å². The second kappa shape index (κ2) is 7.37. The fourth-order valence-corrected chi connectivity index (χ4v) is 2.61. The minimum absolute atomic E-state index is 0.159. The molecule has 3 aromatic rings. The highest BCUT2D eigenvalue weighted by Gasteiger charge is 2.13. The molecule has 0 spiro atoms. The molecule has 1 heterocycles. The van der Waals surface area contributed by atoms with E-state index < -0.39 is 24.0 Å². The third-order valence-corrected chi connectivity index (χ3v) is 4.01. The quantitative estimate of drug-likeness (QED) is 0.713. The van der Waals surface area contributed by atoms with E-state index in [1.807, 2.05) is 0 Å². The van der Waals surface area contributed by atoms with Crippen molar-refractivity contribution in [3.63, 3.8) is 0 Å². The number of amides is 1. The van der Waals surface area contributed by atoms with Gasteiger partial charge in [-0.1, -0.05) is 41.9 Å². The van der Waals surface area contributed by atoms with Gasteiger partial charge in [0, 0.05) is 17.0 Å². The molecule has 0 bridgehead atoms.